The van der Waals surface area contributed by atoms with Gasteiger partial charge in [0.15, 0.2) is 0 Å². The van der Waals surface area contributed by atoms with Gasteiger partial charge in [0, 0.05) is 23.5 Å². The van der Waals surface area contributed by atoms with Crippen molar-refractivity contribution in [2.45, 2.75) is 48.9 Å². The molecule has 0 amide bonds. The molecule has 2 aromatic carbocycles. The second kappa shape index (κ2) is 8.64. The van der Waals surface area contributed by atoms with E-state index in [2.05, 4.69) is 18.2 Å². The van der Waals surface area contributed by atoms with Crippen LogP contribution in [0.3, 0.4) is 0 Å². The average Bonchev–Trinajstić information content (AvgIpc) is 3.20. The first kappa shape index (κ1) is 20.0. The lowest BCUT2D eigenvalue weighted by molar-refractivity contribution is -0.114. The first-order valence-electron chi connectivity index (χ1n) is 9.63. The van der Waals surface area contributed by atoms with Crippen LogP contribution in [0.15, 0.2) is 35.2 Å². The number of methoxy groups -OCH3 is 1. The summed E-state index contributed by atoms with van der Waals surface area (Å²) >= 11 is 8.57. The molecule has 2 heterocycles. The Labute approximate surface area is 174 Å². The summed E-state index contributed by atoms with van der Waals surface area (Å²) in [5.74, 6) is 1.84. The average molecular weight is 421 g/mol. The highest BCUT2D eigenvalue weighted by molar-refractivity contribution is 7.99. The largest absolute Gasteiger partial charge is 0.497 e. The van der Waals surface area contributed by atoms with Crippen LogP contribution in [0, 0.1) is 0 Å². The maximum Gasteiger partial charge on any atom is 0.118 e. The summed E-state index contributed by atoms with van der Waals surface area (Å²) in [7, 11) is 1.66. The fourth-order valence-corrected chi connectivity index (χ4v) is 5.66. The Balaban J connectivity index is 1.69. The molecule has 2 aromatic rings. The van der Waals surface area contributed by atoms with Crippen LogP contribution in [-0.2, 0) is 17.6 Å². The third-order valence-electron chi connectivity index (χ3n) is 5.51. The van der Waals surface area contributed by atoms with Crippen LogP contribution in [0.5, 0.6) is 5.75 Å². The van der Waals surface area contributed by atoms with E-state index in [1.807, 2.05) is 12.1 Å². The zero-order chi connectivity index (χ0) is 19.7. The number of aliphatic hydroxyl groups excluding tert-OH is 2. The summed E-state index contributed by atoms with van der Waals surface area (Å²) < 4.78 is 11.4. The van der Waals surface area contributed by atoms with Crippen LogP contribution in [0.4, 0.5) is 0 Å². The monoisotopic (exact) mass is 420 g/mol. The van der Waals surface area contributed by atoms with Crippen molar-refractivity contribution in [2.24, 2.45) is 0 Å². The van der Waals surface area contributed by atoms with Crippen LogP contribution in [0.2, 0.25) is 5.02 Å². The molecule has 3 atom stereocenters. The molecule has 2 N–H and O–H groups in total. The van der Waals surface area contributed by atoms with Gasteiger partial charge in [-0.15, -0.1) is 11.8 Å². The molecule has 1 fully saturated rings. The number of ether oxygens (including phenoxy) is 2. The van der Waals surface area contributed by atoms with E-state index in [-0.39, 0.29) is 18.8 Å². The summed E-state index contributed by atoms with van der Waals surface area (Å²) in [6.45, 7) is -0.0726. The predicted octanol–water partition coefficient (Wildman–Crippen LogP) is 4.16. The van der Waals surface area contributed by atoms with Crippen molar-refractivity contribution in [2.75, 3.05) is 19.5 Å². The Morgan fingerprint density at radius 2 is 2.04 bits per heavy atom. The van der Waals surface area contributed by atoms with Crippen molar-refractivity contribution in [1.29, 1.82) is 0 Å². The van der Waals surface area contributed by atoms with Gasteiger partial charge in [-0.25, -0.2) is 0 Å². The van der Waals surface area contributed by atoms with Gasteiger partial charge >= 0.3 is 0 Å². The number of hydrogen-bond acceptors (Lipinski definition) is 5. The Morgan fingerprint density at radius 1 is 1.25 bits per heavy atom. The topological polar surface area (TPSA) is 58.9 Å². The molecule has 4 nitrogen and oxygen atoms in total. The van der Waals surface area contributed by atoms with Gasteiger partial charge in [-0.05, 0) is 47.2 Å². The van der Waals surface area contributed by atoms with Gasteiger partial charge in [-0.3, -0.25) is 0 Å². The smallest absolute Gasteiger partial charge is 0.118 e. The molecule has 2 aliphatic rings. The third-order valence-corrected chi connectivity index (χ3v) is 7.21. The van der Waals surface area contributed by atoms with Crippen molar-refractivity contribution < 1.29 is 19.7 Å². The highest BCUT2D eigenvalue weighted by Crippen LogP contribution is 2.45. The molecule has 1 saturated heterocycles. The van der Waals surface area contributed by atoms with Crippen LogP contribution < -0.4 is 4.74 Å². The first-order chi connectivity index (χ1) is 13.6. The molecule has 2 aliphatic heterocycles. The number of benzene rings is 2. The minimum atomic E-state index is -0.457. The molecule has 0 radical (unpaired) electrons. The second-order valence-electron chi connectivity index (χ2n) is 7.42. The lowest BCUT2D eigenvalue weighted by Crippen LogP contribution is -2.34. The quantitative estimate of drug-likeness (QED) is 0.760. The molecule has 4 rings (SSSR count). The van der Waals surface area contributed by atoms with E-state index in [1.54, 1.807) is 18.9 Å². The molecule has 6 heteroatoms. The number of hydrogen-bond donors (Lipinski definition) is 2. The number of rotatable bonds is 5. The van der Waals surface area contributed by atoms with Crippen molar-refractivity contribution >= 4 is 23.4 Å². The number of aliphatic hydroxyl groups is 2. The molecule has 0 spiro atoms. The van der Waals surface area contributed by atoms with Crippen molar-refractivity contribution in [3.63, 3.8) is 0 Å². The van der Waals surface area contributed by atoms with E-state index >= 15 is 0 Å². The normalized spacial score (nSPS) is 24.2. The van der Waals surface area contributed by atoms with Crippen molar-refractivity contribution in [1.82, 2.24) is 0 Å². The summed E-state index contributed by atoms with van der Waals surface area (Å²) in [5, 5.41) is 20.6. The molecule has 0 aliphatic carbocycles. The van der Waals surface area contributed by atoms with Gasteiger partial charge in [0.05, 0.1) is 37.1 Å². The van der Waals surface area contributed by atoms with Crippen molar-refractivity contribution in [3.8, 4) is 5.75 Å². The molecule has 0 bridgehead atoms. The van der Waals surface area contributed by atoms with Crippen LogP contribution in [0.1, 0.15) is 41.2 Å². The maximum absolute atomic E-state index is 10.3. The standard InChI is InChI=1S/C22H25ClO4S/c1-26-16-4-2-13(3-5-16)8-14-9-19(18-6-7-28-22(18)21(14)23)20-11-15(25)10-17(12-24)27-20/h2-5,9,15,17,20,24-25H,6-8,10-12H2,1H3. The zero-order valence-corrected chi connectivity index (χ0v) is 17.4. The van der Waals surface area contributed by atoms with E-state index < -0.39 is 6.10 Å². The molecule has 28 heavy (non-hydrogen) atoms. The van der Waals surface area contributed by atoms with Crippen molar-refractivity contribution in [3.05, 3.63) is 57.6 Å². The Hall–Kier alpha value is -1.24. The SMILES string of the molecule is COc1ccc(Cc2cc(C3CC(O)CC(CO)O3)c3c(c2Cl)SCC3)cc1. The van der Waals surface area contributed by atoms with Gasteiger partial charge in [0.1, 0.15) is 5.75 Å². The minimum absolute atomic E-state index is 0.0726. The van der Waals surface area contributed by atoms with E-state index in [0.717, 1.165) is 51.0 Å². The fraction of sp³-hybridized carbons (Fsp3) is 0.455. The number of thioether (sulfide) groups is 1. The molecule has 0 saturated carbocycles. The van der Waals surface area contributed by atoms with Crippen LogP contribution in [-0.4, -0.2) is 41.9 Å². The Morgan fingerprint density at radius 3 is 2.75 bits per heavy atom. The lowest BCUT2D eigenvalue weighted by Gasteiger charge is -2.34. The Kier molecular flexibility index (Phi) is 6.18. The Bertz CT molecular complexity index is 839. The lowest BCUT2D eigenvalue weighted by atomic mass is 9.90. The van der Waals surface area contributed by atoms with E-state index in [0.29, 0.717) is 12.8 Å². The summed E-state index contributed by atoms with van der Waals surface area (Å²) in [6, 6.07) is 10.2. The third kappa shape index (κ3) is 4.05. The summed E-state index contributed by atoms with van der Waals surface area (Å²) in [4.78, 5) is 1.15. The predicted molar refractivity (Wildman–Crippen MR) is 112 cm³/mol. The van der Waals surface area contributed by atoms with Gasteiger partial charge in [-0.1, -0.05) is 29.8 Å². The van der Waals surface area contributed by atoms with Gasteiger partial charge in [0.2, 0.25) is 0 Å². The van der Waals surface area contributed by atoms with Gasteiger partial charge in [-0.2, -0.15) is 0 Å². The highest BCUT2D eigenvalue weighted by atomic mass is 35.5. The zero-order valence-electron chi connectivity index (χ0n) is 15.9. The number of fused-ring (bicyclic) bond motifs is 1. The highest BCUT2D eigenvalue weighted by Gasteiger charge is 2.33. The van der Waals surface area contributed by atoms with Crippen LogP contribution in [0.25, 0.3) is 0 Å². The fourth-order valence-electron chi connectivity index (χ4n) is 4.10. The molecule has 150 valence electrons. The maximum atomic E-state index is 10.3. The molecular weight excluding hydrogens is 396 g/mol. The molecular formula is C22H25ClO4S. The minimum Gasteiger partial charge on any atom is -0.497 e. The van der Waals surface area contributed by atoms with Gasteiger partial charge in [0.25, 0.3) is 0 Å². The van der Waals surface area contributed by atoms with Gasteiger partial charge < -0.3 is 19.7 Å². The molecule has 3 unspecified atom stereocenters. The second-order valence-corrected chi connectivity index (χ2v) is 8.91. The van der Waals surface area contributed by atoms with E-state index in [9.17, 15) is 10.2 Å². The first-order valence-corrected chi connectivity index (χ1v) is 11.0. The number of halogens is 1. The summed E-state index contributed by atoms with van der Waals surface area (Å²) in [5.41, 5.74) is 4.59. The summed E-state index contributed by atoms with van der Waals surface area (Å²) in [6.07, 6.45) is 1.73. The van der Waals surface area contributed by atoms with E-state index in [4.69, 9.17) is 21.1 Å². The van der Waals surface area contributed by atoms with Crippen LogP contribution >= 0.6 is 23.4 Å². The van der Waals surface area contributed by atoms with E-state index in [1.165, 1.54) is 5.56 Å². The molecule has 0 aromatic heterocycles.